The Morgan fingerprint density at radius 2 is 2.05 bits per heavy atom. The molecule has 0 saturated carbocycles. The van der Waals surface area contributed by atoms with E-state index in [1.165, 1.54) is 0 Å². The molecule has 1 aliphatic rings. The Kier molecular flexibility index (Phi) is 3.33. The number of rotatable bonds is 2. The number of amides is 1. The van der Waals surface area contributed by atoms with Crippen LogP contribution in [0, 0.1) is 11.3 Å². The molecule has 0 aromatic heterocycles. The third kappa shape index (κ3) is 2.46. The first-order valence-electron chi connectivity index (χ1n) is 6.75. The number of anilines is 1. The zero-order valence-electron chi connectivity index (χ0n) is 11.6. The lowest BCUT2D eigenvalue weighted by Gasteiger charge is -2.33. The molecule has 1 unspecified atom stereocenters. The van der Waals surface area contributed by atoms with E-state index in [9.17, 15) is 4.79 Å². The number of hydrogen-bond acceptors (Lipinski definition) is 3. The van der Waals surface area contributed by atoms with Crippen molar-refractivity contribution >= 4 is 11.6 Å². The summed E-state index contributed by atoms with van der Waals surface area (Å²) in [7, 11) is 0. The van der Waals surface area contributed by atoms with Crippen LogP contribution in [0.4, 0.5) is 5.69 Å². The molecule has 2 aromatic carbocycles. The van der Waals surface area contributed by atoms with Gasteiger partial charge in [-0.3, -0.25) is 4.79 Å². The van der Waals surface area contributed by atoms with Gasteiger partial charge in [0.25, 0.3) is 5.91 Å². The summed E-state index contributed by atoms with van der Waals surface area (Å²) in [4.78, 5) is 14.1. The lowest BCUT2D eigenvalue weighted by Crippen LogP contribution is -2.43. The zero-order chi connectivity index (χ0) is 14.8. The number of nitriles is 1. The maximum atomic E-state index is 12.4. The maximum Gasteiger partial charge on any atom is 0.268 e. The quantitative estimate of drug-likeness (QED) is 0.848. The Hall–Kier alpha value is -2.80. The smallest absolute Gasteiger partial charge is 0.268 e. The number of ether oxygens (including phenoxy) is 1. The fraction of sp³-hybridized carbons (Fsp3) is 0.176. The number of benzene rings is 2. The van der Waals surface area contributed by atoms with Crippen molar-refractivity contribution in [3.8, 4) is 11.8 Å². The van der Waals surface area contributed by atoms with E-state index in [4.69, 9.17) is 10.00 Å². The number of nitrogens with zero attached hydrogens (tertiary/aromatic N) is 2. The van der Waals surface area contributed by atoms with Crippen LogP contribution in [-0.4, -0.2) is 12.0 Å². The van der Waals surface area contributed by atoms with Crippen LogP contribution < -0.4 is 9.64 Å². The van der Waals surface area contributed by atoms with Crippen LogP contribution >= 0.6 is 0 Å². The highest BCUT2D eigenvalue weighted by atomic mass is 16.5. The van der Waals surface area contributed by atoms with E-state index in [2.05, 4.69) is 6.07 Å². The predicted octanol–water partition coefficient (Wildman–Crippen LogP) is 2.87. The average Bonchev–Trinajstić information content (AvgIpc) is 2.52. The summed E-state index contributed by atoms with van der Waals surface area (Å²) in [6.07, 6.45) is -0.501. The van der Waals surface area contributed by atoms with Gasteiger partial charge in [-0.1, -0.05) is 24.3 Å². The summed E-state index contributed by atoms with van der Waals surface area (Å²) < 4.78 is 5.61. The van der Waals surface area contributed by atoms with Crippen LogP contribution in [0.15, 0.2) is 48.5 Å². The van der Waals surface area contributed by atoms with E-state index in [-0.39, 0.29) is 5.91 Å². The molecule has 0 N–H and O–H groups in total. The normalized spacial score (nSPS) is 16.9. The minimum atomic E-state index is -0.501. The molecule has 0 aliphatic carbocycles. The zero-order valence-corrected chi connectivity index (χ0v) is 11.6. The molecule has 0 radical (unpaired) electrons. The van der Waals surface area contributed by atoms with Gasteiger partial charge in [0.15, 0.2) is 6.10 Å². The van der Waals surface area contributed by atoms with E-state index in [0.717, 1.165) is 11.3 Å². The first-order valence-corrected chi connectivity index (χ1v) is 6.75. The predicted molar refractivity (Wildman–Crippen MR) is 78.9 cm³/mol. The van der Waals surface area contributed by atoms with Crippen molar-refractivity contribution in [3.63, 3.8) is 0 Å². The minimum absolute atomic E-state index is 0.0731. The Morgan fingerprint density at radius 3 is 2.86 bits per heavy atom. The third-order valence-corrected chi connectivity index (χ3v) is 3.47. The van der Waals surface area contributed by atoms with Crippen LogP contribution in [0.2, 0.25) is 0 Å². The lowest BCUT2D eigenvalue weighted by molar-refractivity contribution is -0.125. The van der Waals surface area contributed by atoms with E-state index >= 15 is 0 Å². The standard InChI is InChI=1S/C17H14N2O2/c1-12-17(20)19(15-7-2-3-8-16(15)21-12)11-14-6-4-5-13(9-14)10-18/h2-9,12H,11H2,1H3. The van der Waals surface area contributed by atoms with E-state index in [1.807, 2.05) is 36.4 Å². The fourth-order valence-electron chi connectivity index (χ4n) is 2.44. The van der Waals surface area contributed by atoms with Gasteiger partial charge >= 0.3 is 0 Å². The SMILES string of the molecule is CC1Oc2ccccc2N(Cc2cccc(C#N)c2)C1=O. The van der Waals surface area contributed by atoms with Crippen molar-refractivity contribution in [1.82, 2.24) is 0 Å². The lowest BCUT2D eigenvalue weighted by atomic mass is 10.1. The van der Waals surface area contributed by atoms with Crippen molar-refractivity contribution in [3.05, 3.63) is 59.7 Å². The molecule has 4 nitrogen and oxygen atoms in total. The molecule has 2 aromatic rings. The molecule has 0 spiro atoms. The van der Waals surface area contributed by atoms with Gasteiger partial charge in [-0.2, -0.15) is 5.26 Å². The van der Waals surface area contributed by atoms with Gasteiger partial charge in [-0.15, -0.1) is 0 Å². The highest BCUT2D eigenvalue weighted by molar-refractivity contribution is 5.99. The fourth-order valence-corrected chi connectivity index (χ4v) is 2.44. The van der Waals surface area contributed by atoms with E-state index in [0.29, 0.717) is 17.9 Å². The largest absolute Gasteiger partial charge is 0.479 e. The van der Waals surface area contributed by atoms with Gasteiger partial charge in [-0.25, -0.2) is 0 Å². The Labute approximate surface area is 123 Å². The van der Waals surface area contributed by atoms with Crippen molar-refractivity contribution in [2.75, 3.05) is 4.90 Å². The molecular weight excluding hydrogens is 264 g/mol. The van der Waals surface area contributed by atoms with Gasteiger partial charge in [0.1, 0.15) is 5.75 Å². The molecule has 3 rings (SSSR count). The summed E-state index contributed by atoms with van der Waals surface area (Å²) in [6, 6.07) is 16.9. The Morgan fingerprint density at radius 1 is 1.24 bits per heavy atom. The van der Waals surface area contributed by atoms with Crippen molar-refractivity contribution in [2.24, 2.45) is 0 Å². The second kappa shape index (κ2) is 5.29. The van der Waals surface area contributed by atoms with Crippen molar-refractivity contribution in [1.29, 1.82) is 5.26 Å². The monoisotopic (exact) mass is 278 g/mol. The van der Waals surface area contributed by atoms with E-state index < -0.39 is 6.10 Å². The molecule has 21 heavy (non-hydrogen) atoms. The number of hydrogen-bond donors (Lipinski definition) is 0. The third-order valence-electron chi connectivity index (χ3n) is 3.47. The van der Waals surface area contributed by atoms with E-state index in [1.54, 1.807) is 24.0 Å². The Balaban J connectivity index is 1.97. The summed E-state index contributed by atoms with van der Waals surface area (Å²) >= 11 is 0. The molecule has 4 heteroatoms. The van der Waals surface area contributed by atoms with Gasteiger partial charge in [-0.05, 0) is 36.8 Å². The second-order valence-electron chi connectivity index (χ2n) is 4.96. The molecule has 0 saturated heterocycles. The molecule has 1 atom stereocenters. The highest BCUT2D eigenvalue weighted by Gasteiger charge is 2.31. The van der Waals surface area contributed by atoms with Crippen molar-refractivity contribution in [2.45, 2.75) is 19.6 Å². The molecular formula is C17H14N2O2. The topological polar surface area (TPSA) is 53.3 Å². The van der Waals surface area contributed by atoms with Gasteiger partial charge in [0, 0.05) is 0 Å². The minimum Gasteiger partial charge on any atom is -0.479 e. The summed E-state index contributed by atoms with van der Waals surface area (Å²) in [5.74, 6) is 0.636. The molecule has 1 aliphatic heterocycles. The Bertz CT molecular complexity index is 734. The molecule has 0 bridgehead atoms. The van der Waals surface area contributed by atoms with Crippen LogP contribution in [0.3, 0.4) is 0 Å². The highest BCUT2D eigenvalue weighted by Crippen LogP contribution is 2.34. The number of carbonyl (C=O) groups excluding carboxylic acids is 1. The molecule has 104 valence electrons. The van der Waals surface area contributed by atoms with Crippen LogP contribution in [0.25, 0.3) is 0 Å². The first kappa shape index (κ1) is 13.2. The van der Waals surface area contributed by atoms with Gasteiger partial charge in [0.2, 0.25) is 0 Å². The average molecular weight is 278 g/mol. The molecule has 0 fully saturated rings. The van der Waals surface area contributed by atoms with Crippen molar-refractivity contribution < 1.29 is 9.53 Å². The van der Waals surface area contributed by atoms with Crippen LogP contribution in [-0.2, 0) is 11.3 Å². The number of fused-ring (bicyclic) bond motifs is 1. The summed E-state index contributed by atoms with van der Waals surface area (Å²) in [5.41, 5.74) is 2.28. The van der Waals surface area contributed by atoms with Crippen LogP contribution in [0.5, 0.6) is 5.75 Å². The van der Waals surface area contributed by atoms with Gasteiger partial charge in [0.05, 0.1) is 23.9 Å². The molecule has 1 amide bonds. The first-order chi connectivity index (χ1) is 10.2. The van der Waals surface area contributed by atoms with Gasteiger partial charge < -0.3 is 9.64 Å². The molecule has 1 heterocycles. The summed E-state index contributed by atoms with van der Waals surface area (Å²) in [5, 5.41) is 8.97. The second-order valence-corrected chi connectivity index (χ2v) is 4.96. The maximum absolute atomic E-state index is 12.4. The summed E-state index contributed by atoms with van der Waals surface area (Å²) in [6.45, 7) is 2.18. The van der Waals surface area contributed by atoms with Crippen LogP contribution in [0.1, 0.15) is 18.1 Å². The number of para-hydroxylation sites is 2. The number of carbonyl (C=O) groups is 1.